The molecular formula is C20H24N4O2. The largest absolute Gasteiger partial charge is 0.399 e. The summed E-state index contributed by atoms with van der Waals surface area (Å²) in [6.07, 6.45) is 1.90. The molecule has 1 aliphatic rings. The molecule has 3 amide bonds. The minimum Gasteiger partial charge on any atom is -0.399 e. The minimum absolute atomic E-state index is 0.0827. The van der Waals surface area contributed by atoms with Gasteiger partial charge in [-0.2, -0.15) is 0 Å². The van der Waals surface area contributed by atoms with Gasteiger partial charge >= 0.3 is 6.03 Å². The number of carbonyl (C=O) groups is 2. The highest BCUT2D eigenvalue weighted by Crippen LogP contribution is 2.14. The van der Waals surface area contributed by atoms with Crippen LogP contribution in [0.15, 0.2) is 54.6 Å². The molecule has 0 spiro atoms. The number of amides is 3. The standard InChI is InChI=1S/C20H24N4O2/c21-16-8-6-15(7-9-16)14-19(25)24-12-10-18(11-13-24)23-20(26)22-17-4-2-1-3-5-17/h1-9,18H,10-14,21H2,(H2,22,23,26). The molecular weight excluding hydrogens is 328 g/mol. The van der Waals surface area contributed by atoms with Crippen molar-refractivity contribution >= 4 is 23.3 Å². The van der Waals surface area contributed by atoms with E-state index >= 15 is 0 Å². The third-order valence-corrected chi connectivity index (χ3v) is 4.55. The van der Waals surface area contributed by atoms with E-state index in [4.69, 9.17) is 5.73 Å². The van der Waals surface area contributed by atoms with E-state index in [2.05, 4.69) is 10.6 Å². The first-order valence-corrected chi connectivity index (χ1v) is 8.85. The van der Waals surface area contributed by atoms with Gasteiger partial charge in [-0.15, -0.1) is 0 Å². The third kappa shape index (κ3) is 4.99. The van der Waals surface area contributed by atoms with Gasteiger partial charge in [0.05, 0.1) is 6.42 Å². The average molecular weight is 352 g/mol. The SMILES string of the molecule is Nc1ccc(CC(=O)N2CCC(NC(=O)Nc3ccccc3)CC2)cc1. The summed E-state index contributed by atoms with van der Waals surface area (Å²) in [7, 11) is 0. The van der Waals surface area contributed by atoms with Crippen LogP contribution >= 0.6 is 0 Å². The van der Waals surface area contributed by atoms with Crippen molar-refractivity contribution in [3.8, 4) is 0 Å². The molecule has 0 aromatic heterocycles. The van der Waals surface area contributed by atoms with Gasteiger partial charge in [-0.05, 0) is 42.7 Å². The van der Waals surface area contributed by atoms with Crippen LogP contribution in [0.5, 0.6) is 0 Å². The Bertz CT molecular complexity index is 738. The lowest BCUT2D eigenvalue weighted by Crippen LogP contribution is -2.47. The predicted molar refractivity (Wildman–Crippen MR) is 103 cm³/mol. The van der Waals surface area contributed by atoms with Crippen molar-refractivity contribution in [3.63, 3.8) is 0 Å². The quantitative estimate of drug-likeness (QED) is 0.739. The van der Waals surface area contributed by atoms with E-state index in [1.165, 1.54) is 0 Å². The zero-order valence-corrected chi connectivity index (χ0v) is 14.7. The molecule has 6 nitrogen and oxygen atoms in total. The van der Waals surface area contributed by atoms with Gasteiger partial charge in [0.15, 0.2) is 0 Å². The topological polar surface area (TPSA) is 87.5 Å². The molecule has 0 bridgehead atoms. The van der Waals surface area contributed by atoms with E-state index in [-0.39, 0.29) is 18.0 Å². The maximum absolute atomic E-state index is 12.4. The summed E-state index contributed by atoms with van der Waals surface area (Å²) in [5.74, 6) is 0.113. The molecule has 0 unspecified atom stereocenters. The molecule has 1 aliphatic heterocycles. The van der Waals surface area contributed by atoms with Crippen LogP contribution in [0.4, 0.5) is 16.2 Å². The van der Waals surface area contributed by atoms with Gasteiger partial charge < -0.3 is 21.3 Å². The molecule has 1 fully saturated rings. The lowest BCUT2D eigenvalue weighted by atomic mass is 10.0. The second-order valence-corrected chi connectivity index (χ2v) is 6.54. The van der Waals surface area contributed by atoms with Crippen molar-refractivity contribution in [2.45, 2.75) is 25.3 Å². The Kier molecular flexibility index (Phi) is 5.73. The van der Waals surface area contributed by atoms with Gasteiger partial charge in [0.2, 0.25) is 5.91 Å². The number of hydrogen-bond acceptors (Lipinski definition) is 3. The summed E-state index contributed by atoms with van der Waals surface area (Å²) in [4.78, 5) is 26.3. The molecule has 0 radical (unpaired) electrons. The number of urea groups is 1. The number of nitrogens with two attached hydrogens (primary N) is 1. The average Bonchev–Trinajstić information content (AvgIpc) is 2.65. The molecule has 3 rings (SSSR count). The first kappa shape index (κ1) is 17.8. The number of anilines is 2. The number of nitrogens with one attached hydrogen (secondary N) is 2. The van der Waals surface area contributed by atoms with Crippen molar-refractivity contribution in [1.82, 2.24) is 10.2 Å². The molecule has 0 saturated carbocycles. The van der Waals surface area contributed by atoms with Gasteiger partial charge in [-0.1, -0.05) is 30.3 Å². The highest BCUT2D eigenvalue weighted by Gasteiger charge is 2.23. The number of carbonyl (C=O) groups excluding carboxylic acids is 2. The molecule has 1 saturated heterocycles. The first-order chi connectivity index (χ1) is 12.6. The Morgan fingerprint density at radius 2 is 1.65 bits per heavy atom. The van der Waals surface area contributed by atoms with E-state index in [9.17, 15) is 9.59 Å². The lowest BCUT2D eigenvalue weighted by molar-refractivity contribution is -0.131. The van der Waals surface area contributed by atoms with Crippen LogP contribution in [0.1, 0.15) is 18.4 Å². The van der Waals surface area contributed by atoms with Crippen LogP contribution in [0, 0.1) is 0 Å². The second kappa shape index (κ2) is 8.38. The Morgan fingerprint density at radius 3 is 2.31 bits per heavy atom. The molecule has 1 heterocycles. The molecule has 2 aromatic carbocycles. The maximum Gasteiger partial charge on any atom is 0.319 e. The van der Waals surface area contributed by atoms with Crippen LogP contribution in [-0.2, 0) is 11.2 Å². The third-order valence-electron chi connectivity index (χ3n) is 4.55. The van der Waals surface area contributed by atoms with Gasteiger partial charge in [-0.3, -0.25) is 4.79 Å². The van der Waals surface area contributed by atoms with E-state index in [0.29, 0.717) is 25.2 Å². The second-order valence-electron chi connectivity index (χ2n) is 6.54. The van der Waals surface area contributed by atoms with Crippen LogP contribution in [0.2, 0.25) is 0 Å². The first-order valence-electron chi connectivity index (χ1n) is 8.85. The van der Waals surface area contributed by atoms with E-state index < -0.39 is 0 Å². The van der Waals surface area contributed by atoms with E-state index in [0.717, 1.165) is 24.1 Å². The van der Waals surface area contributed by atoms with Crippen molar-refractivity contribution in [1.29, 1.82) is 0 Å². The summed E-state index contributed by atoms with van der Waals surface area (Å²) in [6, 6.07) is 16.6. The number of para-hydroxylation sites is 1. The maximum atomic E-state index is 12.4. The van der Waals surface area contributed by atoms with Crippen molar-refractivity contribution in [3.05, 3.63) is 60.2 Å². The number of nitrogens with zero attached hydrogens (tertiary/aromatic N) is 1. The molecule has 0 atom stereocenters. The summed E-state index contributed by atoms with van der Waals surface area (Å²) in [5, 5.41) is 5.80. The lowest BCUT2D eigenvalue weighted by Gasteiger charge is -2.32. The van der Waals surface area contributed by atoms with Crippen LogP contribution in [0.3, 0.4) is 0 Å². The van der Waals surface area contributed by atoms with Crippen LogP contribution in [0.25, 0.3) is 0 Å². The van der Waals surface area contributed by atoms with Crippen molar-refractivity contribution < 1.29 is 9.59 Å². The molecule has 0 aliphatic carbocycles. The van der Waals surface area contributed by atoms with E-state index in [1.807, 2.05) is 59.5 Å². The fourth-order valence-electron chi connectivity index (χ4n) is 3.07. The van der Waals surface area contributed by atoms with Crippen molar-refractivity contribution in [2.75, 3.05) is 24.1 Å². The highest BCUT2D eigenvalue weighted by molar-refractivity contribution is 5.89. The smallest absolute Gasteiger partial charge is 0.319 e. The molecule has 2 aromatic rings. The Labute approximate surface area is 153 Å². The van der Waals surface area contributed by atoms with Crippen molar-refractivity contribution in [2.24, 2.45) is 0 Å². The van der Waals surface area contributed by atoms with Gasteiger partial charge in [0.1, 0.15) is 0 Å². The Balaban J connectivity index is 1.42. The number of rotatable bonds is 4. The number of nitrogen functional groups attached to an aromatic ring is 1. The summed E-state index contributed by atoms with van der Waals surface area (Å²) in [6.45, 7) is 1.31. The van der Waals surface area contributed by atoms with Gasteiger partial charge in [0, 0.05) is 30.5 Å². The highest BCUT2D eigenvalue weighted by atomic mass is 16.2. The normalized spacial score (nSPS) is 14.7. The van der Waals surface area contributed by atoms with Crippen LogP contribution < -0.4 is 16.4 Å². The summed E-state index contributed by atoms with van der Waals surface area (Å²) >= 11 is 0. The fourth-order valence-corrected chi connectivity index (χ4v) is 3.07. The number of benzene rings is 2. The molecule has 26 heavy (non-hydrogen) atoms. The zero-order valence-electron chi connectivity index (χ0n) is 14.7. The zero-order chi connectivity index (χ0) is 18.4. The fraction of sp³-hybridized carbons (Fsp3) is 0.300. The van der Waals surface area contributed by atoms with Crippen LogP contribution in [-0.4, -0.2) is 36.0 Å². The minimum atomic E-state index is -0.206. The summed E-state index contributed by atoms with van der Waals surface area (Å²) < 4.78 is 0. The number of likely N-dealkylation sites (tertiary alicyclic amines) is 1. The molecule has 4 N–H and O–H groups in total. The predicted octanol–water partition coefficient (Wildman–Crippen LogP) is 2.62. The Hall–Kier alpha value is -3.02. The monoisotopic (exact) mass is 352 g/mol. The van der Waals surface area contributed by atoms with Gasteiger partial charge in [0.25, 0.3) is 0 Å². The number of hydrogen-bond donors (Lipinski definition) is 3. The molecule has 6 heteroatoms. The Morgan fingerprint density at radius 1 is 1.00 bits per heavy atom. The summed E-state index contributed by atoms with van der Waals surface area (Å²) in [5.41, 5.74) is 8.09. The molecule has 136 valence electrons. The van der Waals surface area contributed by atoms with E-state index in [1.54, 1.807) is 0 Å². The van der Waals surface area contributed by atoms with Gasteiger partial charge in [-0.25, -0.2) is 4.79 Å². The number of piperidine rings is 1.